The Bertz CT molecular complexity index is 616. The molecule has 1 aliphatic heterocycles. The van der Waals surface area contributed by atoms with Crippen LogP contribution in [0.15, 0.2) is 18.2 Å². The van der Waals surface area contributed by atoms with Gasteiger partial charge in [-0.05, 0) is 52.0 Å². The first-order valence-electron chi connectivity index (χ1n) is 9.06. The van der Waals surface area contributed by atoms with Crippen LogP contribution in [-0.4, -0.2) is 70.5 Å². The van der Waals surface area contributed by atoms with Crippen LogP contribution in [-0.2, 0) is 9.53 Å². The standard InChI is InChI=1S/C19H27F3N3O2/c1-23(2)10-5-11-24(3)16-6-4-7-17(14-16)25(18(26)19(20,21)22)15-8-12-27-13-9-15/h4,6,14-15H,5,8-13H2,1-3H3. The minimum absolute atomic E-state index is 0.154. The van der Waals surface area contributed by atoms with Crippen LogP contribution in [0, 0.1) is 6.07 Å². The third kappa shape index (κ3) is 6.10. The molecule has 1 heterocycles. The molecule has 27 heavy (non-hydrogen) atoms. The number of halogens is 3. The number of ether oxygens (including phenoxy) is 1. The average Bonchev–Trinajstić information content (AvgIpc) is 2.62. The van der Waals surface area contributed by atoms with E-state index in [0.29, 0.717) is 26.1 Å². The molecule has 1 radical (unpaired) electrons. The molecule has 151 valence electrons. The number of carbonyl (C=O) groups is 1. The van der Waals surface area contributed by atoms with Crippen molar-refractivity contribution in [2.45, 2.75) is 31.5 Å². The molecule has 1 aliphatic rings. The average molecular weight is 386 g/mol. The smallest absolute Gasteiger partial charge is 0.381 e. The van der Waals surface area contributed by atoms with Crippen molar-refractivity contribution < 1.29 is 22.7 Å². The van der Waals surface area contributed by atoms with Crippen molar-refractivity contribution in [2.24, 2.45) is 0 Å². The van der Waals surface area contributed by atoms with Gasteiger partial charge >= 0.3 is 12.1 Å². The van der Waals surface area contributed by atoms with Crippen molar-refractivity contribution in [3.05, 3.63) is 24.3 Å². The molecule has 5 nitrogen and oxygen atoms in total. The number of amides is 1. The lowest BCUT2D eigenvalue weighted by atomic mass is 10.1. The Labute approximate surface area is 158 Å². The van der Waals surface area contributed by atoms with E-state index < -0.39 is 18.1 Å². The van der Waals surface area contributed by atoms with Gasteiger partial charge in [0.1, 0.15) is 0 Å². The van der Waals surface area contributed by atoms with E-state index >= 15 is 0 Å². The van der Waals surface area contributed by atoms with Gasteiger partial charge in [-0.3, -0.25) is 4.79 Å². The molecule has 0 aliphatic carbocycles. The maximum absolute atomic E-state index is 13.2. The van der Waals surface area contributed by atoms with Crippen molar-refractivity contribution in [3.8, 4) is 0 Å². The fourth-order valence-corrected chi connectivity index (χ4v) is 3.12. The molecule has 1 saturated heterocycles. The second-order valence-corrected chi connectivity index (χ2v) is 7.03. The van der Waals surface area contributed by atoms with E-state index in [1.54, 1.807) is 18.2 Å². The summed E-state index contributed by atoms with van der Waals surface area (Å²) >= 11 is 0. The fourth-order valence-electron chi connectivity index (χ4n) is 3.12. The van der Waals surface area contributed by atoms with Crippen molar-refractivity contribution in [2.75, 3.05) is 57.2 Å². The van der Waals surface area contributed by atoms with Gasteiger partial charge in [0.15, 0.2) is 0 Å². The van der Waals surface area contributed by atoms with Crippen LogP contribution in [0.25, 0.3) is 0 Å². The zero-order chi connectivity index (χ0) is 20.0. The minimum atomic E-state index is -4.93. The first kappa shape index (κ1) is 21.5. The molecular weight excluding hydrogens is 359 g/mol. The van der Waals surface area contributed by atoms with Crippen LogP contribution < -0.4 is 9.80 Å². The van der Waals surface area contributed by atoms with Crippen LogP contribution in [0.4, 0.5) is 24.5 Å². The third-order valence-electron chi connectivity index (χ3n) is 4.59. The molecule has 1 fully saturated rings. The van der Waals surface area contributed by atoms with Gasteiger partial charge in [-0.25, -0.2) is 0 Å². The number of nitrogens with zero attached hydrogens (tertiary/aromatic N) is 3. The van der Waals surface area contributed by atoms with Gasteiger partial charge in [0.2, 0.25) is 0 Å². The molecule has 1 amide bonds. The third-order valence-corrected chi connectivity index (χ3v) is 4.59. The van der Waals surface area contributed by atoms with Gasteiger partial charge in [-0.2, -0.15) is 13.2 Å². The predicted molar refractivity (Wildman–Crippen MR) is 99.1 cm³/mol. The second kappa shape index (κ2) is 9.41. The summed E-state index contributed by atoms with van der Waals surface area (Å²) in [5.41, 5.74) is 0.913. The highest BCUT2D eigenvalue weighted by molar-refractivity contribution is 5.98. The topological polar surface area (TPSA) is 36.0 Å². The molecule has 2 rings (SSSR count). The van der Waals surface area contributed by atoms with Gasteiger partial charge < -0.3 is 19.4 Å². The summed E-state index contributed by atoms with van der Waals surface area (Å²) in [4.78, 5) is 17.0. The maximum Gasteiger partial charge on any atom is 0.471 e. The summed E-state index contributed by atoms with van der Waals surface area (Å²) in [6.45, 7) is 2.36. The molecular formula is C19H27F3N3O2. The lowest BCUT2D eigenvalue weighted by molar-refractivity contribution is -0.171. The number of anilines is 2. The van der Waals surface area contributed by atoms with Crippen LogP contribution in [0.3, 0.4) is 0 Å². The first-order valence-corrected chi connectivity index (χ1v) is 9.06. The van der Waals surface area contributed by atoms with Crippen LogP contribution >= 0.6 is 0 Å². The Morgan fingerprint density at radius 2 is 1.89 bits per heavy atom. The molecule has 0 bridgehead atoms. The molecule has 8 heteroatoms. The Morgan fingerprint density at radius 3 is 2.48 bits per heavy atom. The second-order valence-electron chi connectivity index (χ2n) is 7.03. The van der Waals surface area contributed by atoms with Crippen LogP contribution in [0.1, 0.15) is 19.3 Å². The molecule has 0 atom stereocenters. The zero-order valence-corrected chi connectivity index (χ0v) is 16.1. The molecule has 1 aromatic rings. The lowest BCUT2D eigenvalue weighted by Gasteiger charge is -2.35. The normalized spacial score (nSPS) is 15.8. The molecule has 0 saturated carbocycles. The number of benzene rings is 1. The van der Waals surface area contributed by atoms with E-state index in [-0.39, 0.29) is 5.69 Å². The number of hydrogen-bond acceptors (Lipinski definition) is 4. The van der Waals surface area contributed by atoms with Gasteiger partial charge in [0, 0.05) is 44.6 Å². The van der Waals surface area contributed by atoms with Gasteiger partial charge in [0.25, 0.3) is 0 Å². The fraction of sp³-hybridized carbons (Fsp3) is 0.632. The van der Waals surface area contributed by atoms with Crippen molar-refractivity contribution in [1.29, 1.82) is 0 Å². The maximum atomic E-state index is 13.2. The van der Waals surface area contributed by atoms with Gasteiger partial charge in [-0.1, -0.05) is 6.07 Å². The van der Waals surface area contributed by atoms with Crippen molar-refractivity contribution >= 4 is 17.3 Å². The quantitative estimate of drug-likeness (QED) is 0.722. The number of hydrogen-bond donors (Lipinski definition) is 0. The molecule has 0 spiro atoms. The lowest BCUT2D eigenvalue weighted by Crippen LogP contribution is -2.49. The van der Waals surface area contributed by atoms with Crippen molar-refractivity contribution in [3.63, 3.8) is 0 Å². The Morgan fingerprint density at radius 1 is 1.22 bits per heavy atom. The SMILES string of the molecule is CN(C)CCCN(C)c1cc[c]c(N(C(=O)C(F)(F)F)C2CCOCC2)c1. The summed E-state index contributed by atoms with van der Waals surface area (Å²) in [7, 11) is 5.87. The van der Waals surface area contributed by atoms with E-state index in [1.165, 1.54) is 0 Å². The summed E-state index contributed by atoms with van der Waals surface area (Å²) in [5.74, 6) is -1.85. The highest BCUT2D eigenvalue weighted by Gasteiger charge is 2.45. The Hall–Kier alpha value is -1.80. The minimum Gasteiger partial charge on any atom is -0.381 e. The number of carbonyl (C=O) groups excluding carboxylic acids is 1. The van der Waals surface area contributed by atoms with Crippen molar-refractivity contribution in [1.82, 2.24) is 4.90 Å². The van der Waals surface area contributed by atoms with E-state index in [2.05, 4.69) is 11.0 Å². The highest BCUT2D eigenvalue weighted by atomic mass is 19.4. The molecule has 1 aromatic carbocycles. The Balaban J connectivity index is 2.23. The number of alkyl halides is 3. The highest BCUT2D eigenvalue weighted by Crippen LogP contribution is 2.31. The Kier molecular flexibility index (Phi) is 7.49. The summed E-state index contributed by atoms with van der Waals surface area (Å²) in [5, 5.41) is 0. The molecule has 0 N–H and O–H groups in total. The summed E-state index contributed by atoms with van der Waals surface area (Å²) in [6, 6.07) is 7.24. The summed E-state index contributed by atoms with van der Waals surface area (Å²) in [6.07, 6.45) is -3.26. The zero-order valence-electron chi connectivity index (χ0n) is 16.1. The van der Waals surface area contributed by atoms with Crippen LogP contribution in [0.2, 0.25) is 0 Å². The molecule has 0 unspecified atom stereocenters. The predicted octanol–water partition coefficient (Wildman–Crippen LogP) is 2.95. The van der Waals surface area contributed by atoms with E-state index in [0.717, 1.165) is 30.1 Å². The first-order chi connectivity index (χ1) is 12.7. The van der Waals surface area contributed by atoms with Gasteiger partial charge in [-0.15, -0.1) is 0 Å². The summed E-state index contributed by atoms with van der Waals surface area (Å²) < 4.78 is 44.8. The van der Waals surface area contributed by atoms with E-state index in [1.807, 2.05) is 26.0 Å². The molecule has 0 aromatic heterocycles. The monoisotopic (exact) mass is 386 g/mol. The van der Waals surface area contributed by atoms with Crippen LogP contribution in [0.5, 0.6) is 0 Å². The van der Waals surface area contributed by atoms with E-state index in [9.17, 15) is 18.0 Å². The number of rotatable bonds is 7. The van der Waals surface area contributed by atoms with E-state index in [4.69, 9.17) is 4.74 Å². The van der Waals surface area contributed by atoms with Gasteiger partial charge in [0.05, 0.1) is 5.69 Å². The largest absolute Gasteiger partial charge is 0.471 e.